The number of rotatable bonds is 11. The summed E-state index contributed by atoms with van der Waals surface area (Å²) < 4.78 is 72.5. The van der Waals surface area contributed by atoms with Crippen molar-refractivity contribution in [3.8, 4) is 11.5 Å². The second kappa shape index (κ2) is 12.3. The van der Waals surface area contributed by atoms with Crippen molar-refractivity contribution < 1.29 is 36.3 Å². The van der Waals surface area contributed by atoms with E-state index in [2.05, 4.69) is 0 Å². The van der Waals surface area contributed by atoms with E-state index in [0.717, 1.165) is 4.31 Å². The van der Waals surface area contributed by atoms with Crippen LogP contribution < -0.4 is 21.5 Å². The van der Waals surface area contributed by atoms with E-state index in [-0.39, 0.29) is 23.9 Å². The molecule has 0 bridgehead atoms. The van der Waals surface area contributed by atoms with Gasteiger partial charge < -0.3 is 9.72 Å². The minimum absolute atomic E-state index is 0.183. The Morgan fingerprint density at radius 3 is 2.26 bits per heavy atom. The molecule has 3 N–H and O–H groups in total. The number of alkyl halides is 3. The Morgan fingerprint density at radius 1 is 1.10 bits per heavy atom. The Labute approximate surface area is 220 Å². The fourth-order valence-corrected chi connectivity index (χ4v) is 5.43. The molecule has 11 nitrogen and oxygen atoms in total. The first-order valence-electron chi connectivity index (χ1n) is 11.6. The Kier molecular flexibility index (Phi) is 9.32. The Balaban J connectivity index is 1.90. The second-order valence-corrected chi connectivity index (χ2v) is 10.1. The van der Waals surface area contributed by atoms with E-state index in [0.29, 0.717) is 16.1 Å². The van der Waals surface area contributed by atoms with Gasteiger partial charge in [0.1, 0.15) is 23.2 Å². The minimum atomic E-state index is -4.97. The molecule has 0 aliphatic rings. The van der Waals surface area contributed by atoms with Crippen LogP contribution in [0.2, 0.25) is 0 Å². The highest BCUT2D eigenvalue weighted by atomic mass is 32.2. The van der Waals surface area contributed by atoms with Crippen molar-refractivity contribution in [3.05, 3.63) is 87.2 Å². The highest BCUT2D eigenvalue weighted by molar-refractivity contribution is 7.89. The molecule has 0 saturated heterocycles. The number of nitrogens with zero attached hydrogens (tertiary/aromatic N) is 2. The summed E-state index contributed by atoms with van der Waals surface area (Å²) in [5, 5.41) is 9.27. The van der Waals surface area contributed by atoms with Crippen molar-refractivity contribution in [2.45, 2.75) is 43.4 Å². The quantitative estimate of drug-likeness (QED) is 0.237. The van der Waals surface area contributed by atoms with Gasteiger partial charge in [-0.2, -0.15) is 17.5 Å². The van der Waals surface area contributed by atoms with Crippen LogP contribution in [0.3, 0.4) is 0 Å². The third-order valence-corrected chi connectivity index (χ3v) is 7.49. The number of H-pyrrole nitrogens is 1. The Bertz CT molecular complexity index is 1470. The number of halogens is 3. The summed E-state index contributed by atoms with van der Waals surface area (Å²) in [6.45, 7) is 0.823. The molecule has 39 heavy (non-hydrogen) atoms. The number of nitrogens with one attached hydrogen (secondary N) is 2. The molecule has 1 amide bonds. The zero-order chi connectivity index (χ0) is 28.8. The van der Waals surface area contributed by atoms with Crippen LogP contribution in [-0.2, 0) is 27.5 Å². The standard InChI is InChI=1S/C24H25F3N4O7S/c1-2-13-31(39(36,37)18-10-8-17(9-11-18)38-16-6-4-3-5-7-16)19(22(33)29-35)12-14-30-21(32)15-20(24(25,26)27)28-23(30)34/h3-11,15,19,35H,2,12-14H2,1H3,(H,28,34)(H,29,33). The number of aromatic amines is 1. The summed E-state index contributed by atoms with van der Waals surface area (Å²) >= 11 is 0. The fraction of sp³-hybridized carbons (Fsp3) is 0.292. The molecule has 3 aromatic rings. The van der Waals surface area contributed by atoms with E-state index in [1.807, 2.05) is 0 Å². The lowest BCUT2D eigenvalue weighted by Gasteiger charge is -2.29. The van der Waals surface area contributed by atoms with Gasteiger partial charge in [-0.25, -0.2) is 18.7 Å². The van der Waals surface area contributed by atoms with Gasteiger partial charge in [-0.3, -0.25) is 19.4 Å². The Hall–Kier alpha value is -3.95. The maximum atomic E-state index is 13.5. The molecule has 1 atom stereocenters. The van der Waals surface area contributed by atoms with E-state index >= 15 is 0 Å². The third-order valence-electron chi connectivity index (χ3n) is 5.57. The number of carbonyl (C=O) groups is 1. The summed E-state index contributed by atoms with van der Waals surface area (Å²) in [7, 11) is -4.37. The molecule has 1 heterocycles. The Morgan fingerprint density at radius 2 is 1.72 bits per heavy atom. The van der Waals surface area contributed by atoms with Gasteiger partial charge in [-0.1, -0.05) is 25.1 Å². The minimum Gasteiger partial charge on any atom is -0.457 e. The summed E-state index contributed by atoms with van der Waals surface area (Å²) in [6, 6.07) is 12.6. The van der Waals surface area contributed by atoms with E-state index in [1.165, 1.54) is 29.7 Å². The first kappa shape index (κ1) is 29.6. The van der Waals surface area contributed by atoms with Gasteiger partial charge in [0.15, 0.2) is 0 Å². The van der Waals surface area contributed by atoms with Crippen LogP contribution >= 0.6 is 0 Å². The monoisotopic (exact) mass is 570 g/mol. The highest BCUT2D eigenvalue weighted by Crippen LogP contribution is 2.27. The molecule has 0 spiro atoms. The molecule has 15 heteroatoms. The van der Waals surface area contributed by atoms with Crippen LogP contribution in [0.1, 0.15) is 25.5 Å². The summed E-state index contributed by atoms with van der Waals surface area (Å²) in [6.07, 6.45) is -5.25. The number of ether oxygens (including phenoxy) is 1. The first-order chi connectivity index (χ1) is 18.4. The lowest BCUT2D eigenvalue weighted by molar-refractivity contribution is -0.141. The molecule has 1 unspecified atom stereocenters. The van der Waals surface area contributed by atoms with Crippen LogP contribution in [-0.4, -0.2) is 46.0 Å². The number of aromatic nitrogens is 2. The predicted octanol–water partition coefficient (Wildman–Crippen LogP) is 2.71. The zero-order valence-electron chi connectivity index (χ0n) is 20.5. The predicted molar refractivity (Wildman–Crippen MR) is 132 cm³/mol. The average Bonchev–Trinajstić information content (AvgIpc) is 2.89. The van der Waals surface area contributed by atoms with Crippen LogP contribution in [0.5, 0.6) is 11.5 Å². The first-order valence-corrected chi connectivity index (χ1v) is 13.0. The second-order valence-electron chi connectivity index (χ2n) is 8.26. The average molecular weight is 571 g/mol. The van der Waals surface area contributed by atoms with Crippen LogP contribution in [0, 0.1) is 0 Å². The largest absolute Gasteiger partial charge is 0.457 e. The lowest BCUT2D eigenvalue weighted by Crippen LogP contribution is -2.50. The number of sulfonamides is 1. The maximum absolute atomic E-state index is 13.5. The molecular formula is C24H25F3N4O7S. The number of hydrogen-bond acceptors (Lipinski definition) is 7. The molecule has 210 valence electrons. The number of hydroxylamine groups is 1. The lowest BCUT2D eigenvalue weighted by atomic mass is 10.2. The summed E-state index contributed by atoms with van der Waals surface area (Å²) in [5.74, 6) is -0.297. The third kappa shape index (κ3) is 7.13. The maximum Gasteiger partial charge on any atom is 0.431 e. The highest BCUT2D eigenvalue weighted by Gasteiger charge is 2.36. The van der Waals surface area contributed by atoms with Crippen molar-refractivity contribution in [1.82, 2.24) is 19.3 Å². The van der Waals surface area contributed by atoms with E-state index < -0.39 is 58.1 Å². The van der Waals surface area contributed by atoms with Crippen molar-refractivity contribution >= 4 is 15.9 Å². The van der Waals surface area contributed by atoms with Gasteiger partial charge in [0.05, 0.1) is 4.90 Å². The van der Waals surface area contributed by atoms with Gasteiger partial charge in [-0.15, -0.1) is 0 Å². The van der Waals surface area contributed by atoms with Gasteiger partial charge in [-0.05, 0) is 49.2 Å². The van der Waals surface area contributed by atoms with E-state index in [9.17, 15) is 41.2 Å². The topological polar surface area (TPSA) is 151 Å². The molecule has 0 aliphatic heterocycles. The van der Waals surface area contributed by atoms with Crippen LogP contribution in [0.25, 0.3) is 0 Å². The molecule has 0 saturated carbocycles. The molecule has 1 aromatic heterocycles. The normalized spacial score (nSPS) is 12.8. The summed E-state index contributed by atoms with van der Waals surface area (Å²) in [5.41, 5.74) is -2.87. The van der Waals surface area contributed by atoms with E-state index in [4.69, 9.17) is 4.74 Å². The number of benzene rings is 2. The van der Waals surface area contributed by atoms with Crippen LogP contribution in [0.4, 0.5) is 13.2 Å². The van der Waals surface area contributed by atoms with Gasteiger partial charge in [0.25, 0.3) is 11.5 Å². The van der Waals surface area contributed by atoms with Crippen LogP contribution in [0.15, 0.2) is 75.1 Å². The SMILES string of the molecule is CCCN(C(CCn1c(=O)cc(C(F)(F)F)[nH]c1=O)C(=O)NO)S(=O)(=O)c1ccc(Oc2ccccc2)cc1. The van der Waals surface area contributed by atoms with Crippen molar-refractivity contribution in [2.75, 3.05) is 6.54 Å². The summed E-state index contributed by atoms with van der Waals surface area (Å²) in [4.78, 5) is 38.2. The molecule has 2 aromatic carbocycles. The number of amides is 1. The van der Waals surface area contributed by atoms with Crippen molar-refractivity contribution in [2.24, 2.45) is 0 Å². The number of carbonyl (C=O) groups excluding carboxylic acids is 1. The molecule has 0 fully saturated rings. The molecule has 3 rings (SSSR count). The van der Waals surface area contributed by atoms with Gasteiger partial charge in [0, 0.05) is 19.2 Å². The van der Waals surface area contributed by atoms with Gasteiger partial charge >= 0.3 is 11.9 Å². The number of para-hydroxylation sites is 1. The van der Waals surface area contributed by atoms with E-state index in [1.54, 1.807) is 42.2 Å². The number of hydrogen-bond donors (Lipinski definition) is 3. The van der Waals surface area contributed by atoms with Gasteiger partial charge in [0.2, 0.25) is 10.0 Å². The molecule has 0 radical (unpaired) electrons. The molecular weight excluding hydrogens is 545 g/mol. The smallest absolute Gasteiger partial charge is 0.431 e. The van der Waals surface area contributed by atoms with Crippen molar-refractivity contribution in [1.29, 1.82) is 0 Å². The molecule has 0 aliphatic carbocycles. The van der Waals surface area contributed by atoms with Crippen molar-refractivity contribution in [3.63, 3.8) is 0 Å². The zero-order valence-corrected chi connectivity index (χ0v) is 21.3. The fourth-order valence-electron chi connectivity index (χ4n) is 3.72.